The SMILES string of the molecule is CCN(CC)C(=O)c1cccc(CN2C(=O)CSC2=O)c1. The van der Waals surface area contributed by atoms with Crippen molar-refractivity contribution < 1.29 is 14.4 Å². The zero-order valence-corrected chi connectivity index (χ0v) is 13.0. The maximum Gasteiger partial charge on any atom is 0.289 e. The van der Waals surface area contributed by atoms with Crippen LogP contribution < -0.4 is 0 Å². The van der Waals surface area contributed by atoms with Gasteiger partial charge in [-0.25, -0.2) is 0 Å². The second-order valence-electron chi connectivity index (χ2n) is 4.71. The van der Waals surface area contributed by atoms with Crippen LogP contribution in [0.3, 0.4) is 0 Å². The van der Waals surface area contributed by atoms with Crippen molar-refractivity contribution in [2.75, 3.05) is 18.8 Å². The summed E-state index contributed by atoms with van der Waals surface area (Å²) in [6.45, 7) is 5.40. The quantitative estimate of drug-likeness (QED) is 0.838. The van der Waals surface area contributed by atoms with E-state index in [9.17, 15) is 14.4 Å². The summed E-state index contributed by atoms with van der Waals surface area (Å²) in [5, 5.41) is -0.222. The molecule has 3 amide bonds. The number of carbonyl (C=O) groups is 3. The predicted molar refractivity (Wildman–Crippen MR) is 82.1 cm³/mol. The van der Waals surface area contributed by atoms with Gasteiger partial charge in [-0.3, -0.25) is 19.3 Å². The molecule has 1 fully saturated rings. The molecule has 6 heteroatoms. The molecule has 0 radical (unpaired) electrons. The minimum Gasteiger partial charge on any atom is -0.339 e. The van der Waals surface area contributed by atoms with E-state index in [1.807, 2.05) is 19.9 Å². The van der Waals surface area contributed by atoms with Gasteiger partial charge in [-0.05, 0) is 31.5 Å². The smallest absolute Gasteiger partial charge is 0.289 e. The fraction of sp³-hybridized carbons (Fsp3) is 0.400. The minimum atomic E-state index is -0.222. The number of carbonyl (C=O) groups excluding carboxylic acids is 3. The van der Waals surface area contributed by atoms with E-state index in [2.05, 4.69) is 0 Å². The van der Waals surface area contributed by atoms with Gasteiger partial charge in [-0.2, -0.15) is 0 Å². The molecule has 112 valence electrons. The van der Waals surface area contributed by atoms with Crippen molar-refractivity contribution in [3.63, 3.8) is 0 Å². The second-order valence-corrected chi connectivity index (χ2v) is 5.64. The van der Waals surface area contributed by atoms with Crippen LogP contribution in [0.2, 0.25) is 0 Å². The van der Waals surface area contributed by atoms with Gasteiger partial charge in [-0.15, -0.1) is 0 Å². The zero-order chi connectivity index (χ0) is 15.4. The lowest BCUT2D eigenvalue weighted by Gasteiger charge is -2.19. The average molecular weight is 306 g/mol. The van der Waals surface area contributed by atoms with Crippen LogP contribution in [-0.2, 0) is 11.3 Å². The Bertz CT molecular complexity index is 554. The molecule has 1 aromatic carbocycles. The monoisotopic (exact) mass is 306 g/mol. The van der Waals surface area contributed by atoms with Crippen LogP contribution in [0.4, 0.5) is 4.79 Å². The predicted octanol–water partition coefficient (Wildman–Crippen LogP) is 2.36. The summed E-state index contributed by atoms with van der Waals surface area (Å²) in [4.78, 5) is 38.5. The van der Waals surface area contributed by atoms with Gasteiger partial charge in [0.15, 0.2) is 0 Å². The molecule has 0 saturated carbocycles. The molecule has 1 saturated heterocycles. The number of hydrogen-bond donors (Lipinski definition) is 0. The first-order valence-corrected chi connectivity index (χ1v) is 7.90. The number of amides is 3. The molecular weight excluding hydrogens is 288 g/mol. The Hall–Kier alpha value is -1.82. The second kappa shape index (κ2) is 6.76. The van der Waals surface area contributed by atoms with E-state index in [0.717, 1.165) is 17.3 Å². The highest BCUT2D eigenvalue weighted by Crippen LogP contribution is 2.21. The van der Waals surface area contributed by atoms with Crippen LogP contribution in [-0.4, -0.2) is 45.7 Å². The largest absolute Gasteiger partial charge is 0.339 e. The molecular formula is C15H18N2O3S. The summed E-state index contributed by atoms with van der Waals surface area (Å²) in [6.07, 6.45) is 0. The Labute approximate surface area is 128 Å². The lowest BCUT2D eigenvalue weighted by atomic mass is 10.1. The lowest BCUT2D eigenvalue weighted by molar-refractivity contribution is -0.125. The molecule has 0 unspecified atom stereocenters. The van der Waals surface area contributed by atoms with Crippen LogP contribution in [0.1, 0.15) is 29.8 Å². The summed E-state index contributed by atoms with van der Waals surface area (Å²) < 4.78 is 0. The molecule has 0 atom stereocenters. The fourth-order valence-electron chi connectivity index (χ4n) is 2.21. The highest BCUT2D eigenvalue weighted by molar-refractivity contribution is 8.14. The summed E-state index contributed by atoms with van der Waals surface area (Å²) in [5.74, 6) is -0.00236. The molecule has 1 aliphatic heterocycles. The number of hydrogen-bond acceptors (Lipinski definition) is 4. The molecule has 2 rings (SSSR count). The zero-order valence-electron chi connectivity index (χ0n) is 12.2. The van der Waals surface area contributed by atoms with E-state index in [4.69, 9.17) is 0 Å². The average Bonchev–Trinajstić information content (AvgIpc) is 2.80. The molecule has 0 aliphatic carbocycles. The Balaban J connectivity index is 2.16. The van der Waals surface area contributed by atoms with E-state index in [1.165, 1.54) is 4.90 Å². The van der Waals surface area contributed by atoms with E-state index < -0.39 is 0 Å². The van der Waals surface area contributed by atoms with Gasteiger partial charge in [0.05, 0.1) is 12.3 Å². The van der Waals surface area contributed by atoms with Crippen molar-refractivity contribution in [3.05, 3.63) is 35.4 Å². The van der Waals surface area contributed by atoms with E-state index in [1.54, 1.807) is 23.1 Å². The van der Waals surface area contributed by atoms with Crippen LogP contribution >= 0.6 is 11.8 Å². The number of thioether (sulfide) groups is 1. The number of nitrogens with zero attached hydrogens (tertiary/aromatic N) is 2. The summed E-state index contributed by atoms with van der Waals surface area (Å²) in [5.41, 5.74) is 1.38. The highest BCUT2D eigenvalue weighted by atomic mass is 32.2. The molecule has 1 aliphatic rings. The van der Waals surface area contributed by atoms with Crippen molar-refractivity contribution in [3.8, 4) is 0 Å². The molecule has 21 heavy (non-hydrogen) atoms. The first-order chi connectivity index (χ1) is 10.1. The number of benzene rings is 1. The van der Waals surface area contributed by atoms with E-state index in [0.29, 0.717) is 18.7 Å². The maximum absolute atomic E-state index is 12.3. The van der Waals surface area contributed by atoms with Crippen molar-refractivity contribution in [2.24, 2.45) is 0 Å². The normalized spacial score (nSPS) is 14.7. The third-order valence-electron chi connectivity index (χ3n) is 3.41. The maximum atomic E-state index is 12.3. The molecule has 0 bridgehead atoms. The Morgan fingerprint density at radius 3 is 2.57 bits per heavy atom. The standard InChI is InChI=1S/C15H18N2O3S/c1-3-16(4-2)14(19)12-7-5-6-11(8-12)9-17-13(18)10-21-15(17)20/h5-8H,3-4,9-10H2,1-2H3. The summed E-state index contributed by atoms with van der Waals surface area (Å²) >= 11 is 1.02. The van der Waals surface area contributed by atoms with Gasteiger partial charge < -0.3 is 4.90 Å². The molecule has 0 N–H and O–H groups in total. The first kappa shape index (κ1) is 15.6. The Morgan fingerprint density at radius 2 is 2.00 bits per heavy atom. The first-order valence-electron chi connectivity index (χ1n) is 6.92. The lowest BCUT2D eigenvalue weighted by Crippen LogP contribution is -2.31. The third-order valence-corrected chi connectivity index (χ3v) is 4.26. The van der Waals surface area contributed by atoms with Gasteiger partial charge in [0, 0.05) is 18.7 Å². The van der Waals surface area contributed by atoms with Gasteiger partial charge in [-0.1, -0.05) is 23.9 Å². The Morgan fingerprint density at radius 1 is 1.29 bits per heavy atom. The van der Waals surface area contributed by atoms with Crippen LogP contribution in [0, 0.1) is 0 Å². The van der Waals surface area contributed by atoms with Crippen molar-refractivity contribution in [1.29, 1.82) is 0 Å². The van der Waals surface area contributed by atoms with E-state index >= 15 is 0 Å². The fourth-order valence-corrected chi connectivity index (χ4v) is 2.94. The van der Waals surface area contributed by atoms with Crippen molar-refractivity contribution in [1.82, 2.24) is 9.80 Å². The van der Waals surface area contributed by atoms with Crippen LogP contribution in [0.5, 0.6) is 0 Å². The highest BCUT2D eigenvalue weighted by Gasteiger charge is 2.29. The topological polar surface area (TPSA) is 57.7 Å². The third kappa shape index (κ3) is 3.44. The van der Waals surface area contributed by atoms with Crippen LogP contribution in [0.15, 0.2) is 24.3 Å². The number of rotatable bonds is 5. The van der Waals surface area contributed by atoms with Gasteiger partial charge in [0.1, 0.15) is 0 Å². The van der Waals surface area contributed by atoms with Crippen LogP contribution in [0.25, 0.3) is 0 Å². The Kier molecular flexibility index (Phi) is 5.01. The molecule has 1 aromatic rings. The summed E-state index contributed by atoms with van der Waals surface area (Å²) in [7, 11) is 0. The number of imide groups is 1. The summed E-state index contributed by atoms with van der Waals surface area (Å²) in [6, 6.07) is 7.11. The molecule has 0 spiro atoms. The molecule has 1 heterocycles. The molecule has 5 nitrogen and oxygen atoms in total. The van der Waals surface area contributed by atoms with Gasteiger partial charge >= 0.3 is 0 Å². The molecule has 0 aromatic heterocycles. The van der Waals surface area contributed by atoms with Crippen molar-refractivity contribution >= 4 is 28.8 Å². The van der Waals surface area contributed by atoms with Gasteiger partial charge in [0.25, 0.3) is 11.1 Å². The minimum absolute atomic E-state index is 0.0321. The van der Waals surface area contributed by atoms with Crippen molar-refractivity contribution in [2.45, 2.75) is 20.4 Å². The van der Waals surface area contributed by atoms with E-state index in [-0.39, 0.29) is 29.4 Å². The van der Waals surface area contributed by atoms with Gasteiger partial charge in [0.2, 0.25) is 5.91 Å².